The summed E-state index contributed by atoms with van der Waals surface area (Å²) in [5.74, 6) is 0. The van der Waals surface area contributed by atoms with E-state index in [2.05, 4.69) is 21.7 Å². The minimum Gasteiger partial charge on any atom is -0.366 e. The highest BCUT2D eigenvalue weighted by atomic mass is 32.1. The molecule has 1 rings (SSSR count). The Hall–Kier alpha value is -1.16. The second-order valence-electron chi connectivity index (χ2n) is 2.62. The third kappa shape index (κ3) is 3.85. The molecule has 0 saturated carbocycles. The molecule has 0 atom stereocenters. The maximum Gasteiger partial charge on any atom is 0.166 e. The van der Waals surface area contributed by atoms with Gasteiger partial charge >= 0.3 is 0 Å². The van der Waals surface area contributed by atoms with Gasteiger partial charge in [-0.2, -0.15) is 0 Å². The zero-order valence-electron chi connectivity index (χ0n) is 7.58. The lowest BCUT2D eigenvalue weighted by atomic mass is 10.2. The molecule has 0 aromatic carbocycles. The molecular weight excluding hydrogens is 182 g/mol. The molecule has 0 saturated heterocycles. The molecule has 2 N–H and O–H groups in total. The normalized spacial score (nSPS) is 9.31. The summed E-state index contributed by atoms with van der Waals surface area (Å²) in [5, 5.41) is 6.61. The van der Waals surface area contributed by atoms with Gasteiger partial charge in [-0.25, -0.2) is 0 Å². The van der Waals surface area contributed by atoms with Gasteiger partial charge in [-0.1, -0.05) is 6.07 Å². The fourth-order valence-corrected chi connectivity index (χ4v) is 1.06. The van der Waals surface area contributed by atoms with Crippen molar-refractivity contribution in [3.05, 3.63) is 30.1 Å². The smallest absolute Gasteiger partial charge is 0.166 e. The second-order valence-corrected chi connectivity index (χ2v) is 3.03. The van der Waals surface area contributed by atoms with Gasteiger partial charge in [-0.05, 0) is 30.3 Å². The highest BCUT2D eigenvalue weighted by Gasteiger charge is 1.92. The van der Waals surface area contributed by atoms with Crippen molar-refractivity contribution in [3.8, 4) is 0 Å². The van der Waals surface area contributed by atoms with Crippen LogP contribution in [0.4, 0.5) is 0 Å². The SMILES string of the molecule is CNC(=S)NCCc1cccnc1. The summed E-state index contributed by atoms with van der Waals surface area (Å²) in [4.78, 5) is 4.03. The third-order valence-electron chi connectivity index (χ3n) is 1.65. The third-order valence-corrected chi connectivity index (χ3v) is 2.00. The van der Waals surface area contributed by atoms with Gasteiger partial charge < -0.3 is 10.6 Å². The van der Waals surface area contributed by atoms with Gasteiger partial charge in [0.1, 0.15) is 0 Å². The van der Waals surface area contributed by atoms with Crippen LogP contribution in [0.3, 0.4) is 0 Å². The molecule has 1 heterocycles. The van der Waals surface area contributed by atoms with E-state index in [1.165, 1.54) is 5.56 Å². The van der Waals surface area contributed by atoms with Crippen molar-refractivity contribution in [2.24, 2.45) is 0 Å². The maximum absolute atomic E-state index is 4.93. The Morgan fingerprint density at radius 2 is 2.46 bits per heavy atom. The fourth-order valence-electron chi connectivity index (χ4n) is 0.955. The number of aromatic nitrogens is 1. The Kier molecular flexibility index (Phi) is 4.18. The summed E-state index contributed by atoms with van der Waals surface area (Å²) in [6.45, 7) is 0.839. The van der Waals surface area contributed by atoms with Crippen LogP contribution in [0.1, 0.15) is 5.56 Å². The van der Waals surface area contributed by atoms with Gasteiger partial charge in [0, 0.05) is 26.0 Å². The summed E-state index contributed by atoms with van der Waals surface area (Å²) in [6.07, 6.45) is 4.58. The van der Waals surface area contributed by atoms with Gasteiger partial charge in [-0.3, -0.25) is 4.98 Å². The maximum atomic E-state index is 4.93. The van der Waals surface area contributed by atoms with Crippen molar-refractivity contribution >= 4 is 17.3 Å². The Morgan fingerprint density at radius 1 is 1.62 bits per heavy atom. The van der Waals surface area contributed by atoms with E-state index >= 15 is 0 Å². The second kappa shape index (κ2) is 5.48. The van der Waals surface area contributed by atoms with E-state index in [9.17, 15) is 0 Å². The highest BCUT2D eigenvalue weighted by molar-refractivity contribution is 7.80. The summed E-state index contributed by atoms with van der Waals surface area (Å²) < 4.78 is 0. The van der Waals surface area contributed by atoms with Crippen molar-refractivity contribution in [1.29, 1.82) is 0 Å². The van der Waals surface area contributed by atoms with E-state index in [4.69, 9.17) is 12.2 Å². The molecule has 0 aliphatic carbocycles. The monoisotopic (exact) mass is 195 g/mol. The Balaban J connectivity index is 2.24. The van der Waals surface area contributed by atoms with E-state index in [0.29, 0.717) is 5.11 Å². The number of hydrogen-bond acceptors (Lipinski definition) is 2. The Bertz CT molecular complexity index is 261. The van der Waals surface area contributed by atoms with Crippen LogP contribution in [-0.4, -0.2) is 23.7 Å². The van der Waals surface area contributed by atoms with Gasteiger partial charge in [0.2, 0.25) is 0 Å². The van der Waals surface area contributed by atoms with E-state index in [1.54, 1.807) is 13.2 Å². The van der Waals surface area contributed by atoms with E-state index in [1.807, 2.05) is 12.3 Å². The van der Waals surface area contributed by atoms with Crippen molar-refractivity contribution in [1.82, 2.24) is 15.6 Å². The molecule has 0 fully saturated rings. The van der Waals surface area contributed by atoms with Crippen LogP contribution >= 0.6 is 12.2 Å². The van der Waals surface area contributed by atoms with Gasteiger partial charge in [0.25, 0.3) is 0 Å². The number of pyridine rings is 1. The standard InChI is InChI=1S/C9H13N3S/c1-10-9(13)12-6-4-8-3-2-5-11-7-8/h2-3,5,7H,4,6H2,1H3,(H2,10,12,13). The van der Waals surface area contributed by atoms with Crippen LogP contribution < -0.4 is 10.6 Å². The predicted octanol–water partition coefficient (Wildman–Crippen LogP) is 0.718. The molecule has 0 bridgehead atoms. The Labute approximate surface area is 83.6 Å². The van der Waals surface area contributed by atoms with E-state index < -0.39 is 0 Å². The van der Waals surface area contributed by atoms with Crippen molar-refractivity contribution in [3.63, 3.8) is 0 Å². The van der Waals surface area contributed by atoms with Crippen molar-refractivity contribution < 1.29 is 0 Å². The topological polar surface area (TPSA) is 37.0 Å². The summed E-state index contributed by atoms with van der Waals surface area (Å²) in [7, 11) is 1.80. The quantitative estimate of drug-likeness (QED) is 0.697. The zero-order chi connectivity index (χ0) is 9.52. The molecule has 3 nitrogen and oxygen atoms in total. The molecule has 0 spiro atoms. The molecule has 0 amide bonds. The van der Waals surface area contributed by atoms with Crippen LogP contribution in [0.15, 0.2) is 24.5 Å². The van der Waals surface area contributed by atoms with Crippen LogP contribution in [0.2, 0.25) is 0 Å². The number of nitrogens with zero attached hydrogens (tertiary/aromatic N) is 1. The van der Waals surface area contributed by atoms with Crippen LogP contribution in [0, 0.1) is 0 Å². The molecule has 0 unspecified atom stereocenters. The van der Waals surface area contributed by atoms with E-state index in [0.717, 1.165) is 13.0 Å². The first-order chi connectivity index (χ1) is 6.33. The van der Waals surface area contributed by atoms with Crippen LogP contribution in [0.5, 0.6) is 0 Å². The zero-order valence-corrected chi connectivity index (χ0v) is 8.40. The molecular formula is C9H13N3S. The van der Waals surface area contributed by atoms with Crippen molar-refractivity contribution in [2.75, 3.05) is 13.6 Å². The summed E-state index contributed by atoms with van der Waals surface area (Å²) >= 11 is 4.93. The van der Waals surface area contributed by atoms with Crippen LogP contribution in [-0.2, 0) is 6.42 Å². The van der Waals surface area contributed by atoms with E-state index in [-0.39, 0.29) is 0 Å². The largest absolute Gasteiger partial charge is 0.366 e. The summed E-state index contributed by atoms with van der Waals surface area (Å²) in [6, 6.07) is 3.99. The van der Waals surface area contributed by atoms with Crippen LogP contribution in [0.25, 0.3) is 0 Å². The first-order valence-corrected chi connectivity index (χ1v) is 4.58. The molecule has 0 aliphatic heterocycles. The molecule has 4 heteroatoms. The summed E-state index contributed by atoms with van der Waals surface area (Å²) in [5.41, 5.74) is 1.22. The van der Waals surface area contributed by atoms with Gasteiger partial charge in [0.15, 0.2) is 5.11 Å². The number of nitrogens with one attached hydrogen (secondary N) is 2. The molecule has 1 aromatic heterocycles. The molecule has 0 aliphatic rings. The molecule has 1 aromatic rings. The average molecular weight is 195 g/mol. The lowest BCUT2D eigenvalue weighted by Crippen LogP contribution is -2.33. The first kappa shape index (κ1) is 9.92. The number of thiocarbonyl (C=S) groups is 1. The minimum atomic E-state index is 0.684. The Morgan fingerprint density at radius 3 is 3.08 bits per heavy atom. The fraction of sp³-hybridized carbons (Fsp3) is 0.333. The number of rotatable bonds is 3. The molecule has 0 radical (unpaired) electrons. The lowest BCUT2D eigenvalue weighted by Gasteiger charge is -2.05. The first-order valence-electron chi connectivity index (χ1n) is 4.17. The highest BCUT2D eigenvalue weighted by Crippen LogP contribution is 1.94. The average Bonchev–Trinajstić information content (AvgIpc) is 2.19. The van der Waals surface area contributed by atoms with Crippen molar-refractivity contribution in [2.45, 2.75) is 6.42 Å². The molecule has 70 valence electrons. The van der Waals surface area contributed by atoms with Gasteiger partial charge in [-0.15, -0.1) is 0 Å². The molecule has 13 heavy (non-hydrogen) atoms. The lowest BCUT2D eigenvalue weighted by molar-refractivity contribution is 0.847. The predicted molar refractivity (Wildman–Crippen MR) is 57.6 cm³/mol. The number of hydrogen-bond donors (Lipinski definition) is 2. The van der Waals surface area contributed by atoms with Gasteiger partial charge in [0.05, 0.1) is 0 Å². The minimum absolute atomic E-state index is 0.684.